The topological polar surface area (TPSA) is 102 Å². The third-order valence-corrected chi connectivity index (χ3v) is 5.02. The van der Waals surface area contributed by atoms with Crippen LogP contribution in [0.1, 0.15) is 16.1 Å². The van der Waals surface area contributed by atoms with Crippen molar-refractivity contribution in [2.24, 2.45) is 0 Å². The Morgan fingerprint density at radius 2 is 1.97 bits per heavy atom. The Morgan fingerprint density at radius 3 is 2.74 bits per heavy atom. The molecule has 0 bridgehead atoms. The maximum atomic E-state index is 12.6. The highest BCUT2D eigenvalue weighted by Crippen LogP contribution is 2.32. The van der Waals surface area contributed by atoms with Gasteiger partial charge in [0.1, 0.15) is 5.76 Å². The number of carbonyl (C=O) groups excluding carboxylic acids is 1. The van der Waals surface area contributed by atoms with E-state index in [4.69, 9.17) is 27.6 Å². The van der Waals surface area contributed by atoms with Gasteiger partial charge >= 0.3 is 0 Å². The third kappa shape index (κ3) is 4.42. The number of non-ortho nitro benzene ring substituents is 1. The molecule has 0 unspecified atom stereocenters. The first-order valence-corrected chi connectivity index (χ1v) is 9.74. The van der Waals surface area contributed by atoms with Crippen LogP contribution in [0.25, 0.3) is 28.7 Å². The summed E-state index contributed by atoms with van der Waals surface area (Å²) >= 11 is 12.1. The molecule has 31 heavy (non-hydrogen) atoms. The summed E-state index contributed by atoms with van der Waals surface area (Å²) in [5.41, 5.74) is 2.32. The number of rotatable bonds is 6. The molecule has 0 spiro atoms. The van der Waals surface area contributed by atoms with Crippen LogP contribution in [0.5, 0.6) is 0 Å². The standard InChI is InChI=1S/C22H13Cl2N3O4/c23-15-5-6-17(18(24)11-15)20-8-9-21(31-20)19(28)7-4-14-12-25-26-22(14)13-2-1-3-16(10-13)27(29)30/h1-12H,(H,25,26). The second-order valence-corrected chi connectivity index (χ2v) is 7.34. The average molecular weight is 454 g/mol. The van der Waals surface area contributed by atoms with E-state index in [1.807, 2.05) is 0 Å². The van der Waals surface area contributed by atoms with E-state index < -0.39 is 4.92 Å². The Bertz CT molecular complexity index is 1320. The molecule has 0 aliphatic heterocycles. The van der Waals surface area contributed by atoms with Crippen molar-refractivity contribution in [2.45, 2.75) is 0 Å². The number of H-pyrrole nitrogens is 1. The Kier molecular flexibility index (Phi) is 5.70. The summed E-state index contributed by atoms with van der Waals surface area (Å²) in [6, 6.07) is 14.3. The van der Waals surface area contributed by atoms with E-state index in [0.717, 1.165) is 0 Å². The minimum Gasteiger partial charge on any atom is -0.453 e. The fourth-order valence-corrected chi connectivity index (χ4v) is 3.48. The van der Waals surface area contributed by atoms with Crippen molar-refractivity contribution in [3.05, 3.63) is 98.4 Å². The summed E-state index contributed by atoms with van der Waals surface area (Å²) in [7, 11) is 0. The number of benzene rings is 2. The van der Waals surface area contributed by atoms with E-state index in [-0.39, 0.29) is 17.2 Å². The van der Waals surface area contributed by atoms with Gasteiger partial charge in [-0.05, 0) is 42.5 Å². The number of furan rings is 1. The summed E-state index contributed by atoms with van der Waals surface area (Å²) in [4.78, 5) is 23.1. The quantitative estimate of drug-likeness (QED) is 0.156. The molecule has 4 aromatic rings. The molecule has 154 valence electrons. The molecule has 0 saturated carbocycles. The lowest BCUT2D eigenvalue weighted by molar-refractivity contribution is -0.384. The van der Waals surface area contributed by atoms with Crippen LogP contribution in [0.3, 0.4) is 0 Å². The Labute approximate surface area is 186 Å². The summed E-state index contributed by atoms with van der Waals surface area (Å²) in [6.45, 7) is 0. The lowest BCUT2D eigenvalue weighted by atomic mass is 10.1. The molecule has 2 aromatic heterocycles. The molecule has 7 nitrogen and oxygen atoms in total. The second-order valence-electron chi connectivity index (χ2n) is 6.49. The number of nitro groups is 1. The Hall–Kier alpha value is -3.68. The molecular formula is C22H13Cl2N3O4. The second kappa shape index (κ2) is 8.59. The first-order chi connectivity index (χ1) is 14.9. The Morgan fingerprint density at radius 1 is 1.13 bits per heavy atom. The summed E-state index contributed by atoms with van der Waals surface area (Å²) in [6.07, 6.45) is 4.44. The highest BCUT2D eigenvalue weighted by molar-refractivity contribution is 6.36. The van der Waals surface area contributed by atoms with Crippen molar-refractivity contribution in [2.75, 3.05) is 0 Å². The number of nitrogens with zero attached hydrogens (tertiary/aromatic N) is 2. The van der Waals surface area contributed by atoms with E-state index in [1.54, 1.807) is 48.5 Å². The molecular weight excluding hydrogens is 441 g/mol. The van der Waals surface area contributed by atoms with Gasteiger partial charge in [-0.3, -0.25) is 20.0 Å². The summed E-state index contributed by atoms with van der Waals surface area (Å²) in [5.74, 6) is 0.221. The van der Waals surface area contributed by atoms with E-state index in [0.29, 0.717) is 38.2 Å². The van der Waals surface area contributed by atoms with Crippen LogP contribution in [0.2, 0.25) is 10.0 Å². The molecule has 0 radical (unpaired) electrons. The van der Waals surface area contributed by atoms with E-state index in [1.165, 1.54) is 24.4 Å². The maximum absolute atomic E-state index is 12.6. The number of aromatic amines is 1. The van der Waals surface area contributed by atoms with Crippen LogP contribution < -0.4 is 0 Å². The van der Waals surface area contributed by atoms with Gasteiger partial charge in [0.2, 0.25) is 5.78 Å². The highest BCUT2D eigenvalue weighted by atomic mass is 35.5. The van der Waals surface area contributed by atoms with Crippen molar-refractivity contribution < 1.29 is 14.1 Å². The molecule has 0 aliphatic rings. The van der Waals surface area contributed by atoms with Crippen LogP contribution >= 0.6 is 23.2 Å². The van der Waals surface area contributed by atoms with Gasteiger partial charge in [-0.1, -0.05) is 35.3 Å². The number of halogens is 2. The van der Waals surface area contributed by atoms with Crippen molar-refractivity contribution >= 4 is 40.7 Å². The third-order valence-electron chi connectivity index (χ3n) is 4.47. The molecule has 4 rings (SSSR count). The lowest BCUT2D eigenvalue weighted by Crippen LogP contribution is -1.91. The van der Waals surface area contributed by atoms with Gasteiger partial charge in [0.25, 0.3) is 5.69 Å². The highest BCUT2D eigenvalue weighted by Gasteiger charge is 2.14. The summed E-state index contributed by atoms with van der Waals surface area (Å²) < 4.78 is 5.65. The molecule has 2 heterocycles. The number of nitro benzene ring substituents is 1. The van der Waals surface area contributed by atoms with Crippen molar-refractivity contribution in [1.29, 1.82) is 0 Å². The molecule has 9 heteroatoms. The number of ketones is 1. The molecule has 2 aromatic carbocycles. The molecule has 1 N–H and O–H groups in total. The molecule has 0 amide bonds. The number of allylic oxidation sites excluding steroid dienone is 1. The fourth-order valence-electron chi connectivity index (χ4n) is 2.98. The normalized spacial score (nSPS) is 11.2. The smallest absolute Gasteiger partial charge is 0.270 e. The number of carbonyl (C=O) groups is 1. The summed E-state index contributed by atoms with van der Waals surface area (Å²) in [5, 5.41) is 18.7. The minimum absolute atomic E-state index is 0.0397. The van der Waals surface area contributed by atoms with Gasteiger partial charge in [0.05, 0.1) is 21.8 Å². The van der Waals surface area contributed by atoms with Crippen LogP contribution in [0, 0.1) is 10.1 Å². The zero-order valence-electron chi connectivity index (χ0n) is 15.7. The SMILES string of the molecule is O=C(C=Cc1cn[nH]c1-c1cccc([N+](=O)[O-])c1)c1ccc(-c2ccc(Cl)cc2Cl)o1. The number of hydrogen-bond acceptors (Lipinski definition) is 5. The van der Waals surface area contributed by atoms with Crippen molar-refractivity contribution in [3.63, 3.8) is 0 Å². The first kappa shape index (κ1) is 20.6. The largest absolute Gasteiger partial charge is 0.453 e. The number of nitrogens with one attached hydrogen (secondary N) is 1. The van der Waals surface area contributed by atoms with Gasteiger partial charge in [0, 0.05) is 33.8 Å². The molecule has 0 fully saturated rings. The first-order valence-electron chi connectivity index (χ1n) is 8.98. The van der Waals surface area contributed by atoms with Crippen molar-refractivity contribution in [1.82, 2.24) is 10.2 Å². The zero-order valence-corrected chi connectivity index (χ0v) is 17.2. The number of hydrogen-bond donors (Lipinski definition) is 1. The monoisotopic (exact) mass is 453 g/mol. The lowest BCUT2D eigenvalue weighted by Gasteiger charge is -2.01. The van der Waals surface area contributed by atoms with Gasteiger partial charge < -0.3 is 4.42 Å². The van der Waals surface area contributed by atoms with Gasteiger partial charge in [-0.25, -0.2) is 0 Å². The van der Waals surface area contributed by atoms with Gasteiger partial charge in [-0.2, -0.15) is 5.10 Å². The molecule has 0 saturated heterocycles. The fraction of sp³-hybridized carbons (Fsp3) is 0. The van der Waals surface area contributed by atoms with Crippen LogP contribution in [-0.2, 0) is 0 Å². The van der Waals surface area contributed by atoms with Crippen LogP contribution in [0.15, 0.2) is 71.3 Å². The predicted molar refractivity (Wildman–Crippen MR) is 118 cm³/mol. The number of aromatic nitrogens is 2. The maximum Gasteiger partial charge on any atom is 0.270 e. The molecule has 0 aliphatic carbocycles. The van der Waals surface area contributed by atoms with Gasteiger partial charge in [0.15, 0.2) is 5.76 Å². The van der Waals surface area contributed by atoms with Crippen molar-refractivity contribution in [3.8, 4) is 22.6 Å². The van der Waals surface area contributed by atoms with Gasteiger partial charge in [-0.15, -0.1) is 0 Å². The van der Waals surface area contributed by atoms with E-state index in [2.05, 4.69) is 10.2 Å². The van der Waals surface area contributed by atoms with Crippen LogP contribution in [0.4, 0.5) is 5.69 Å². The zero-order chi connectivity index (χ0) is 22.0. The minimum atomic E-state index is -0.472. The average Bonchev–Trinajstić information content (AvgIpc) is 3.42. The van der Waals surface area contributed by atoms with E-state index in [9.17, 15) is 14.9 Å². The van der Waals surface area contributed by atoms with E-state index >= 15 is 0 Å². The predicted octanol–water partition coefficient (Wildman–Crippen LogP) is 6.45. The molecule has 0 atom stereocenters. The van der Waals surface area contributed by atoms with Crippen LogP contribution in [-0.4, -0.2) is 20.9 Å². The Balaban J connectivity index is 1.56.